The molecule has 0 amide bonds. The zero-order valence-electron chi connectivity index (χ0n) is 14.6. The van der Waals surface area contributed by atoms with Crippen LogP contribution in [-0.2, 0) is 0 Å². The third-order valence-electron chi connectivity index (χ3n) is 4.71. The molecule has 2 aromatic carbocycles. The molecule has 0 radical (unpaired) electrons. The Balaban J connectivity index is 1.72. The Morgan fingerprint density at radius 1 is 1.08 bits per heavy atom. The van der Waals surface area contributed by atoms with Gasteiger partial charge in [-0.15, -0.1) is 0 Å². The number of hydrogen-bond donors (Lipinski definition) is 2. The maximum absolute atomic E-state index is 6.13. The number of para-hydroxylation sites is 1. The van der Waals surface area contributed by atoms with Crippen molar-refractivity contribution in [1.82, 2.24) is 9.97 Å². The lowest BCUT2D eigenvalue weighted by molar-refractivity contribution is 0.417. The molecule has 0 aliphatic heterocycles. The number of nitrogens with one attached hydrogen (secondary N) is 2. The molecule has 1 aliphatic carbocycles. The summed E-state index contributed by atoms with van der Waals surface area (Å²) in [6.07, 6.45) is 4.91. The Labute approximate surface area is 157 Å². The van der Waals surface area contributed by atoms with Gasteiger partial charge in [0.1, 0.15) is 11.6 Å². The topological polar surface area (TPSA) is 59.1 Å². The molecule has 1 saturated carbocycles. The molecule has 2 N–H and O–H groups in total. The van der Waals surface area contributed by atoms with E-state index in [9.17, 15) is 0 Å². The zero-order valence-corrected chi connectivity index (χ0v) is 15.4. The molecule has 0 unspecified atom stereocenters. The van der Waals surface area contributed by atoms with Crippen molar-refractivity contribution in [2.45, 2.75) is 31.7 Å². The standard InChI is InChI=1S/C20H21ClN4O/c1-26-18-11-10-13(21)12-17(18)24-20-23-16-9-5-4-8-15(16)19(25-20)22-14-6-2-3-7-14/h4-5,8-12,14H,2-3,6-7H2,1H3,(H2,22,23,24,25). The Morgan fingerprint density at radius 3 is 2.69 bits per heavy atom. The Hall–Kier alpha value is -2.53. The smallest absolute Gasteiger partial charge is 0.229 e. The molecule has 0 saturated heterocycles. The number of aromatic nitrogens is 2. The summed E-state index contributed by atoms with van der Waals surface area (Å²) in [5.74, 6) is 2.08. The van der Waals surface area contributed by atoms with Crippen molar-refractivity contribution >= 4 is 40.0 Å². The lowest BCUT2D eigenvalue weighted by Gasteiger charge is -2.16. The van der Waals surface area contributed by atoms with E-state index in [1.54, 1.807) is 13.2 Å². The molecule has 0 bridgehead atoms. The number of benzene rings is 2. The van der Waals surface area contributed by atoms with Crippen LogP contribution in [0.3, 0.4) is 0 Å². The fourth-order valence-corrected chi connectivity index (χ4v) is 3.58. The van der Waals surface area contributed by atoms with Crippen LogP contribution in [0.1, 0.15) is 25.7 Å². The lowest BCUT2D eigenvalue weighted by Crippen LogP contribution is -2.16. The van der Waals surface area contributed by atoms with Gasteiger partial charge in [0.15, 0.2) is 0 Å². The van der Waals surface area contributed by atoms with Crippen molar-refractivity contribution in [3.63, 3.8) is 0 Å². The van der Waals surface area contributed by atoms with Crippen LogP contribution in [0, 0.1) is 0 Å². The highest BCUT2D eigenvalue weighted by atomic mass is 35.5. The molecule has 5 nitrogen and oxygen atoms in total. The molecule has 0 atom stereocenters. The second kappa shape index (κ2) is 7.38. The molecule has 3 aromatic rings. The van der Waals surface area contributed by atoms with E-state index in [0.29, 0.717) is 22.8 Å². The highest BCUT2D eigenvalue weighted by Crippen LogP contribution is 2.32. The molecular weight excluding hydrogens is 348 g/mol. The minimum atomic E-state index is 0.474. The first kappa shape index (κ1) is 16.9. The molecule has 1 aliphatic rings. The quantitative estimate of drug-likeness (QED) is 0.632. The van der Waals surface area contributed by atoms with Gasteiger partial charge >= 0.3 is 0 Å². The Bertz CT molecular complexity index is 925. The molecular formula is C20H21ClN4O. The van der Waals surface area contributed by atoms with Crippen LogP contribution in [0.4, 0.5) is 17.5 Å². The van der Waals surface area contributed by atoms with Crippen LogP contribution in [0.15, 0.2) is 42.5 Å². The number of methoxy groups -OCH3 is 1. The number of ether oxygens (including phenoxy) is 1. The van der Waals surface area contributed by atoms with E-state index in [1.807, 2.05) is 30.3 Å². The third-order valence-corrected chi connectivity index (χ3v) is 4.94. The first-order chi connectivity index (χ1) is 12.7. The fourth-order valence-electron chi connectivity index (χ4n) is 3.40. The minimum Gasteiger partial charge on any atom is -0.495 e. The predicted octanol–water partition coefficient (Wildman–Crippen LogP) is 5.39. The van der Waals surface area contributed by atoms with Crippen LogP contribution in [0.5, 0.6) is 5.75 Å². The summed E-state index contributed by atoms with van der Waals surface area (Å²) < 4.78 is 5.41. The number of rotatable bonds is 5. The first-order valence-corrected chi connectivity index (χ1v) is 9.24. The third kappa shape index (κ3) is 3.53. The summed E-state index contributed by atoms with van der Waals surface area (Å²) in [6, 6.07) is 13.9. The van der Waals surface area contributed by atoms with Crippen LogP contribution >= 0.6 is 11.6 Å². The van der Waals surface area contributed by atoms with E-state index < -0.39 is 0 Å². The molecule has 134 valence electrons. The van der Waals surface area contributed by atoms with Crippen molar-refractivity contribution in [2.75, 3.05) is 17.7 Å². The van der Waals surface area contributed by atoms with Gasteiger partial charge in [-0.05, 0) is 43.2 Å². The van der Waals surface area contributed by atoms with E-state index in [1.165, 1.54) is 25.7 Å². The number of halogens is 1. The van der Waals surface area contributed by atoms with E-state index in [4.69, 9.17) is 21.3 Å². The van der Waals surface area contributed by atoms with Gasteiger partial charge < -0.3 is 15.4 Å². The van der Waals surface area contributed by atoms with Gasteiger partial charge in [0.2, 0.25) is 5.95 Å². The lowest BCUT2D eigenvalue weighted by atomic mass is 10.2. The molecule has 26 heavy (non-hydrogen) atoms. The second-order valence-corrected chi connectivity index (χ2v) is 6.94. The van der Waals surface area contributed by atoms with Crippen molar-refractivity contribution < 1.29 is 4.74 Å². The van der Waals surface area contributed by atoms with Gasteiger partial charge in [-0.2, -0.15) is 4.98 Å². The summed E-state index contributed by atoms with van der Waals surface area (Å²) >= 11 is 6.13. The molecule has 0 spiro atoms. The number of hydrogen-bond acceptors (Lipinski definition) is 5. The molecule has 4 rings (SSSR count). The van der Waals surface area contributed by atoms with Gasteiger partial charge in [0.05, 0.1) is 18.3 Å². The van der Waals surface area contributed by atoms with Crippen molar-refractivity contribution in [3.05, 3.63) is 47.5 Å². The zero-order chi connectivity index (χ0) is 17.9. The van der Waals surface area contributed by atoms with Gasteiger partial charge in [-0.1, -0.05) is 36.6 Å². The number of anilines is 3. The Morgan fingerprint density at radius 2 is 1.88 bits per heavy atom. The normalized spacial score (nSPS) is 14.5. The molecule has 1 aromatic heterocycles. The monoisotopic (exact) mass is 368 g/mol. The maximum Gasteiger partial charge on any atom is 0.229 e. The van der Waals surface area contributed by atoms with Gasteiger partial charge in [-0.3, -0.25) is 0 Å². The van der Waals surface area contributed by atoms with Crippen molar-refractivity contribution in [2.24, 2.45) is 0 Å². The van der Waals surface area contributed by atoms with Crippen LogP contribution in [-0.4, -0.2) is 23.1 Å². The summed E-state index contributed by atoms with van der Waals surface area (Å²) in [5, 5.41) is 8.51. The van der Waals surface area contributed by atoms with Gasteiger partial charge in [0, 0.05) is 16.5 Å². The average molecular weight is 369 g/mol. The van der Waals surface area contributed by atoms with Crippen LogP contribution in [0.25, 0.3) is 10.9 Å². The maximum atomic E-state index is 6.13. The summed E-state index contributed by atoms with van der Waals surface area (Å²) in [4.78, 5) is 9.38. The second-order valence-electron chi connectivity index (χ2n) is 6.51. The number of nitrogens with zero attached hydrogens (tertiary/aromatic N) is 2. The van der Waals surface area contributed by atoms with Crippen LogP contribution < -0.4 is 15.4 Å². The minimum absolute atomic E-state index is 0.474. The highest BCUT2D eigenvalue weighted by Gasteiger charge is 2.17. The fraction of sp³-hybridized carbons (Fsp3) is 0.300. The van der Waals surface area contributed by atoms with Gasteiger partial charge in [-0.25, -0.2) is 4.98 Å². The number of fused-ring (bicyclic) bond motifs is 1. The van der Waals surface area contributed by atoms with Crippen molar-refractivity contribution in [1.29, 1.82) is 0 Å². The largest absolute Gasteiger partial charge is 0.495 e. The summed E-state index contributed by atoms with van der Waals surface area (Å²) in [7, 11) is 1.63. The molecule has 1 heterocycles. The predicted molar refractivity (Wildman–Crippen MR) is 107 cm³/mol. The van der Waals surface area contributed by atoms with Crippen LogP contribution in [0.2, 0.25) is 5.02 Å². The summed E-state index contributed by atoms with van der Waals surface area (Å²) in [6.45, 7) is 0. The van der Waals surface area contributed by atoms with E-state index in [-0.39, 0.29) is 0 Å². The highest BCUT2D eigenvalue weighted by molar-refractivity contribution is 6.31. The molecule has 6 heteroatoms. The first-order valence-electron chi connectivity index (χ1n) is 8.87. The van der Waals surface area contributed by atoms with E-state index >= 15 is 0 Å². The van der Waals surface area contributed by atoms with E-state index in [0.717, 1.165) is 22.4 Å². The van der Waals surface area contributed by atoms with E-state index in [2.05, 4.69) is 21.7 Å². The average Bonchev–Trinajstić information content (AvgIpc) is 3.15. The molecule has 1 fully saturated rings. The SMILES string of the molecule is COc1ccc(Cl)cc1Nc1nc(NC2CCCC2)c2ccccc2n1. The van der Waals surface area contributed by atoms with Crippen molar-refractivity contribution in [3.8, 4) is 5.75 Å². The summed E-state index contributed by atoms with van der Waals surface area (Å²) in [5.41, 5.74) is 1.63. The van der Waals surface area contributed by atoms with Gasteiger partial charge in [0.25, 0.3) is 0 Å². The Kier molecular flexibility index (Phi) is 4.80.